The molecule has 0 radical (unpaired) electrons. The van der Waals surface area contributed by atoms with Crippen molar-refractivity contribution >= 4 is 56.4 Å². The first kappa shape index (κ1) is 16.9. The third-order valence-electron chi connectivity index (χ3n) is 3.50. The van der Waals surface area contributed by atoms with Crippen molar-refractivity contribution in [2.24, 2.45) is 4.99 Å². The lowest BCUT2D eigenvalue weighted by Crippen LogP contribution is -2.27. The number of aliphatic carboxylic acids is 1. The molecule has 1 atom stereocenters. The van der Waals surface area contributed by atoms with E-state index in [-0.39, 0.29) is 0 Å². The van der Waals surface area contributed by atoms with E-state index in [1.807, 2.05) is 24.3 Å². The van der Waals surface area contributed by atoms with E-state index >= 15 is 0 Å². The highest BCUT2D eigenvalue weighted by Gasteiger charge is 2.22. The van der Waals surface area contributed by atoms with Gasteiger partial charge in [-0.05, 0) is 30.7 Å². The molecule has 0 bridgehead atoms. The number of para-hydroxylation sites is 1. The summed E-state index contributed by atoms with van der Waals surface area (Å²) in [6.45, 7) is 1.79. The van der Waals surface area contributed by atoms with Crippen LogP contribution in [0, 0.1) is 0 Å². The molecule has 1 unspecified atom stereocenters. The van der Waals surface area contributed by atoms with Crippen molar-refractivity contribution < 1.29 is 14.7 Å². The second-order valence-corrected chi connectivity index (χ2v) is 7.73. The molecule has 2 aromatic heterocycles. The fraction of sp³-hybridized carbons (Fsp3) is 0.188. The van der Waals surface area contributed by atoms with Crippen LogP contribution in [0.4, 0.5) is 0 Å². The highest BCUT2D eigenvalue weighted by Crippen LogP contribution is 2.24. The Hall–Kier alpha value is -1.96. The molecule has 1 aromatic carbocycles. The van der Waals surface area contributed by atoms with E-state index in [4.69, 9.17) is 11.6 Å². The maximum atomic E-state index is 12.4. The molecule has 5 nitrogen and oxygen atoms in total. The minimum absolute atomic E-state index is 0.375. The number of halogens is 1. The quantitative estimate of drug-likeness (QED) is 0.737. The fourth-order valence-corrected chi connectivity index (χ4v) is 4.40. The standard InChI is InChI=1S/C16H13ClN2O3S2/c1-2-9(15(21)22)19-10-5-3-4-6-11(10)24-16(19)18-14(20)12-7-8-13(17)23-12/h3-9H,2H2,1H3,(H,21,22)/b18-16+. The van der Waals surface area contributed by atoms with Crippen molar-refractivity contribution in [3.63, 3.8) is 0 Å². The van der Waals surface area contributed by atoms with Crippen molar-refractivity contribution in [2.45, 2.75) is 19.4 Å². The molecule has 0 aliphatic heterocycles. The molecule has 0 saturated heterocycles. The minimum atomic E-state index is -0.950. The Morgan fingerprint density at radius 1 is 1.25 bits per heavy atom. The van der Waals surface area contributed by atoms with Gasteiger partial charge in [-0.1, -0.05) is 42.0 Å². The lowest BCUT2D eigenvalue weighted by atomic mass is 10.2. The predicted molar refractivity (Wildman–Crippen MR) is 96.0 cm³/mol. The number of benzene rings is 1. The van der Waals surface area contributed by atoms with E-state index in [1.165, 1.54) is 11.3 Å². The summed E-state index contributed by atoms with van der Waals surface area (Å²) in [7, 11) is 0. The van der Waals surface area contributed by atoms with Crippen LogP contribution in [0.1, 0.15) is 29.1 Å². The summed E-state index contributed by atoms with van der Waals surface area (Å²) in [6, 6.07) is 9.91. The van der Waals surface area contributed by atoms with Crippen LogP contribution in [0.15, 0.2) is 41.4 Å². The molecule has 0 aliphatic carbocycles. The molecule has 8 heteroatoms. The van der Waals surface area contributed by atoms with Crippen LogP contribution in [0.3, 0.4) is 0 Å². The minimum Gasteiger partial charge on any atom is -0.480 e. The smallest absolute Gasteiger partial charge is 0.326 e. The van der Waals surface area contributed by atoms with E-state index in [0.29, 0.717) is 20.4 Å². The second kappa shape index (κ2) is 6.88. The van der Waals surface area contributed by atoms with Crippen LogP contribution < -0.4 is 4.80 Å². The number of rotatable bonds is 4. The number of fused-ring (bicyclic) bond motifs is 1. The van der Waals surface area contributed by atoms with Crippen molar-refractivity contribution in [3.05, 3.63) is 50.4 Å². The summed E-state index contributed by atoms with van der Waals surface area (Å²) >= 11 is 8.31. The van der Waals surface area contributed by atoms with E-state index in [0.717, 1.165) is 21.6 Å². The van der Waals surface area contributed by atoms with E-state index < -0.39 is 17.9 Å². The number of aromatic nitrogens is 1. The Bertz CT molecular complexity index is 987. The summed E-state index contributed by atoms with van der Waals surface area (Å²) in [6.07, 6.45) is 0.391. The topological polar surface area (TPSA) is 71.7 Å². The van der Waals surface area contributed by atoms with Gasteiger partial charge in [-0.15, -0.1) is 11.3 Å². The first-order valence-corrected chi connectivity index (χ1v) is 9.19. The first-order chi connectivity index (χ1) is 11.5. The Morgan fingerprint density at radius 2 is 2.00 bits per heavy atom. The number of carbonyl (C=O) groups excluding carboxylic acids is 1. The van der Waals surface area contributed by atoms with Crippen molar-refractivity contribution in [1.29, 1.82) is 0 Å². The Morgan fingerprint density at radius 3 is 2.62 bits per heavy atom. The van der Waals surface area contributed by atoms with Crippen LogP contribution in [-0.2, 0) is 4.79 Å². The number of thiazole rings is 1. The molecular formula is C16H13ClN2O3S2. The number of carboxylic acids is 1. The highest BCUT2D eigenvalue weighted by atomic mass is 35.5. The maximum Gasteiger partial charge on any atom is 0.326 e. The van der Waals surface area contributed by atoms with Crippen LogP contribution >= 0.6 is 34.3 Å². The maximum absolute atomic E-state index is 12.4. The van der Waals surface area contributed by atoms with Gasteiger partial charge in [0.1, 0.15) is 6.04 Å². The Kier molecular flexibility index (Phi) is 4.84. The molecule has 3 rings (SSSR count). The monoisotopic (exact) mass is 380 g/mol. The molecule has 24 heavy (non-hydrogen) atoms. The number of hydrogen-bond donors (Lipinski definition) is 1. The molecule has 124 valence electrons. The van der Waals surface area contributed by atoms with Gasteiger partial charge in [0.05, 0.1) is 19.4 Å². The van der Waals surface area contributed by atoms with E-state index in [2.05, 4.69) is 4.99 Å². The summed E-state index contributed by atoms with van der Waals surface area (Å²) in [5.74, 6) is -1.37. The lowest BCUT2D eigenvalue weighted by Gasteiger charge is -2.13. The van der Waals surface area contributed by atoms with Gasteiger partial charge >= 0.3 is 5.97 Å². The van der Waals surface area contributed by atoms with E-state index in [9.17, 15) is 14.7 Å². The zero-order chi connectivity index (χ0) is 17.3. The third kappa shape index (κ3) is 3.15. The second-order valence-electron chi connectivity index (χ2n) is 5.01. The Balaban J connectivity index is 2.21. The normalized spacial score (nSPS) is 13.3. The number of carbonyl (C=O) groups is 2. The summed E-state index contributed by atoms with van der Waals surface area (Å²) < 4.78 is 3.01. The largest absolute Gasteiger partial charge is 0.480 e. The average molecular weight is 381 g/mol. The highest BCUT2D eigenvalue weighted by molar-refractivity contribution is 7.18. The molecule has 1 amide bonds. The van der Waals surface area contributed by atoms with Crippen LogP contribution in [0.5, 0.6) is 0 Å². The number of carboxylic acid groups (broad SMARTS) is 1. The number of hydrogen-bond acceptors (Lipinski definition) is 4. The zero-order valence-corrected chi connectivity index (χ0v) is 15.0. The zero-order valence-electron chi connectivity index (χ0n) is 12.6. The van der Waals surface area contributed by atoms with Gasteiger partial charge in [0.2, 0.25) is 0 Å². The van der Waals surface area contributed by atoms with Crippen LogP contribution in [0.2, 0.25) is 4.34 Å². The Labute approximate surface area is 150 Å². The summed E-state index contributed by atoms with van der Waals surface area (Å²) in [4.78, 5) is 29.0. The molecule has 0 saturated carbocycles. The molecule has 3 aromatic rings. The van der Waals surface area contributed by atoms with Crippen LogP contribution in [0.25, 0.3) is 10.2 Å². The molecule has 1 N–H and O–H groups in total. The molecule has 0 aliphatic rings. The number of amides is 1. The van der Waals surface area contributed by atoms with Gasteiger partial charge < -0.3 is 9.67 Å². The molecule has 2 heterocycles. The molecule has 0 spiro atoms. The van der Waals surface area contributed by atoms with Crippen molar-refractivity contribution in [1.82, 2.24) is 4.57 Å². The van der Waals surface area contributed by atoms with Gasteiger partial charge in [0, 0.05) is 0 Å². The SMILES string of the molecule is CCC(C(=O)O)n1/c(=N\C(=O)c2ccc(Cl)s2)sc2ccccc21. The van der Waals surface area contributed by atoms with E-state index in [1.54, 1.807) is 23.6 Å². The molecular weight excluding hydrogens is 368 g/mol. The first-order valence-electron chi connectivity index (χ1n) is 7.18. The molecule has 0 fully saturated rings. The van der Waals surface area contributed by atoms with Crippen molar-refractivity contribution in [2.75, 3.05) is 0 Å². The van der Waals surface area contributed by atoms with Crippen molar-refractivity contribution in [3.8, 4) is 0 Å². The van der Waals surface area contributed by atoms with Gasteiger partial charge in [0.25, 0.3) is 5.91 Å². The van der Waals surface area contributed by atoms with Gasteiger partial charge in [-0.2, -0.15) is 4.99 Å². The van der Waals surface area contributed by atoms with Gasteiger partial charge in [0.15, 0.2) is 4.80 Å². The van der Waals surface area contributed by atoms with Gasteiger partial charge in [-0.25, -0.2) is 4.79 Å². The average Bonchev–Trinajstić information content (AvgIpc) is 3.12. The lowest BCUT2D eigenvalue weighted by molar-refractivity contribution is -0.140. The third-order valence-corrected chi connectivity index (χ3v) is 5.75. The fourth-order valence-electron chi connectivity index (χ4n) is 2.41. The van der Waals surface area contributed by atoms with Gasteiger partial charge in [-0.3, -0.25) is 4.79 Å². The summed E-state index contributed by atoms with van der Waals surface area (Å²) in [5.41, 5.74) is 0.757. The number of nitrogens with zero attached hydrogens (tertiary/aromatic N) is 2. The number of thiophene rings is 1. The van der Waals surface area contributed by atoms with Crippen LogP contribution in [-0.4, -0.2) is 21.6 Å². The predicted octanol–water partition coefficient (Wildman–Crippen LogP) is 4.19. The summed E-state index contributed by atoms with van der Waals surface area (Å²) in [5, 5.41) is 9.53.